The van der Waals surface area contributed by atoms with E-state index in [9.17, 15) is 4.79 Å². The van der Waals surface area contributed by atoms with Crippen LogP contribution in [0.4, 0.5) is 0 Å². The fourth-order valence-corrected chi connectivity index (χ4v) is 2.74. The summed E-state index contributed by atoms with van der Waals surface area (Å²) in [5.41, 5.74) is 1.09. The van der Waals surface area contributed by atoms with E-state index < -0.39 is 0 Å². The molecule has 1 saturated carbocycles. The number of hydrogen-bond donors (Lipinski definition) is 2. The molecule has 1 fully saturated rings. The summed E-state index contributed by atoms with van der Waals surface area (Å²) in [5.74, 6) is 0.508. The predicted molar refractivity (Wildman–Crippen MR) is 72.1 cm³/mol. The number of aromatic amines is 1. The number of nitrogens with zero attached hydrogens (tertiary/aromatic N) is 1. The maximum atomic E-state index is 12.3. The number of H-pyrrole nitrogens is 1. The topological polar surface area (TPSA) is 48.1 Å². The van der Waals surface area contributed by atoms with Crippen molar-refractivity contribution in [2.75, 3.05) is 14.1 Å². The molecule has 2 rings (SSSR count). The molecule has 4 heteroatoms. The van der Waals surface area contributed by atoms with Crippen LogP contribution in [0.5, 0.6) is 0 Å². The molecule has 1 aliphatic rings. The SMILES string of the molecule is CNC1CCC(C(=O)N(C)Cc2ccc[nH]2)CC1. The Balaban J connectivity index is 1.84. The van der Waals surface area contributed by atoms with E-state index in [-0.39, 0.29) is 5.92 Å². The third-order valence-corrected chi connectivity index (χ3v) is 3.93. The van der Waals surface area contributed by atoms with Gasteiger partial charge in [-0.3, -0.25) is 4.79 Å². The van der Waals surface area contributed by atoms with Crippen LogP contribution in [-0.2, 0) is 11.3 Å². The van der Waals surface area contributed by atoms with Crippen LogP contribution in [0, 0.1) is 5.92 Å². The summed E-state index contributed by atoms with van der Waals surface area (Å²) in [6.45, 7) is 0.678. The molecular formula is C14H23N3O. The van der Waals surface area contributed by atoms with Crippen LogP contribution in [0.15, 0.2) is 18.3 Å². The minimum absolute atomic E-state index is 0.217. The van der Waals surface area contributed by atoms with Crippen LogP contribution in [0.1, 0.15) is 31.4 Å². The fraction of sp³-hybridized carbons (Fsp3) is 0.643. The molecule has 0 unspecified atom stereocenters. The first-order chi connectivity index (χ1) is 8.70. The normalized spacial score (nSPS) is 23.9. The Morgan fingerprint density at radius 3 is 2.72 bits per heavy atom. The fourth-order valence-electron chi connectivity index (χ4n) is 2.74. The van der Waals surface area contributed by atoms with Gasteiger partial charge in [0.1, 0.15) is 0 Å². The Bertz CT molecular complexity index is 366. The molecule has 0 bridgehead atoms. The monoisotopic (exact) mass is 249 g/mol. The third kappa shape index (κ3) is 3.13. The van der Waals surface area contributed by atoms with Crippen molar-refractivity contribution in [1.29, 1.82) is 0 Å². The average Bonchev–Trinajstić information content (AvgIpc) is 2.91. The van der Waals surface area contributed by atoms with Crippen LogP contribution >= 0.6 is 0 Å². The first-order valence-electron chi connectivity index (χ1n) is 6.75. The van der Waals surface area contributed by atoms with Gasteiger partial charge in [-0.1, -0.05) is 0 Å². The highest BCUT2D eigenvalue weighted by Gasteiger charge is 2.27. The molecule has 4 nitrogen and oxygen atoms in total. The van der Waals surface area contributed by atoms with Crippen LogP contribution in [0.2, 0.25) is 0 Å². The molecule has 0 radical (unpaired) electrons. The van der Waals surface area contributed by atoms with Crippen molar-refractivity contribution < 1.29 is 4.79 Å². The quantitative estimate of drug-likeness (QED) is 0.854. The zero-order valence-electron chi connectivity index (χ0n) is 11.3. The predicted octanol–water partition coefficient (Wildman–Crippen LogP) is 1.75. The molecular weight excluding hydrogens is 226 g/mol. The number of aromatic nitrogens is 1. The molecule has 2 N–H and O–H groups in total. The zero-order valence-corrected chi connectivity index (χ0v) is 11.3. The Morgan fingerprint density at radius 1 is 1.44 bits per heavy atom. The minimum atomic E-state index is 0.217. The molecule has 0 saturated heterocycles. The first-order valence-corrected chi connectivity index (χ1v) is 6.75. The van der Waals surface area contributed by atoms with E-state index in [4.69, 9.17) is 0 Å². The lowest BCUT2D eigenvalue weighted by Gasteiger charge is -2.30. The maximum Gasteiger partial charge on any atom is 0.225 e. The maximum absolute atomic E-state index is 12.3. The van der Waals surface area contributed by atoms with Gasteiger partial charge in [0.05, 0.1) is 6.54 Å². The second-order valence-electron chi connectivity index (χ2n) is 5.23. The summed E-state index contributed by atoms with van der Waals surface area (Å²) < 4.78 is 0. The van der Waals surface area contributed by atoms with Crippen LogP contribution in [-0.4, -0.2) is 35.9 Å². The number of carbonyl (C=O) groups is 1. The van der Waals surface area contributed by atoms with Crippen molar-refractivity contribution in [2.24, 2.45) is 5.92 Å². The van der Waals surface area contributed by atoms with Gasteiger partial charge in [-0.15, -0.1) is 0 Å². The molecule has 18 heavy (non-hydrogen) atoms. The third-order valence-electron chi connectivity index (χ3n) is 3.93. The molecule has 100 valence electrons. The highest BCUT2D eigenvalue weighted by molar-refractivity contribution is 5.78. The molecule has 0 spiro atoms. The van der Waals surface area contributed by atoms with Crippen LogP contribution in [0.3, 0.4) is 0 Å². The van der Waals surface area contributed by atoms with E-state index in [1.54, 1.807) is 0 Å². The van der Waals surface area contributed by atoms with Crippen molar-refractivity contribution in [3.05, 3.63) is 24.0 Å². The molecule has 1 heterocycles. The van der Waals surface area contributed by atoms with Crippen molar-refractivity contribution >= 4 is 5.91 Å². The number of hydrogen-bond acceptors (Lipinski definition) is 2. The number of carbonyl (C=O) groups excluding carboxylic acids is 1. The molecule has 1 aliphatic carbocycles. The second kappa shape index (κ2) is 6.05. The van der Waals surface area contributed by atoms with Gasteiger partial charge in [0.15, 0.2) is 0 Å². The van der Waals surface area contributed by atoms with E-state index in [0.717, 1.165) is 31.4 Å². The summed E-state index contributed by atoms with van der Waals surface area (Å²) >= 11 is 0. The number of rotatable bonds is 4. The van der Waals surface area contributed by atoms with Crippen molar-refractivity contribution in [3.63, 3.8) is 0 Å². The summed E-state index contributed by atoms with van der Waals surface area (Å²) in [6.07, 6.45) is 6.15. The standard InChI is InChI=1S/C14H23N3O/c1-15-12-7-5-11(6-8-12)14(18)17(2)10-13-4-3-9-16-13/h3-4,9,11-12,15-16H,5-8,10H2,1-2H3. The van der Waals surface area contributed by atoms with E-state index in [0.29, 0.717) is 18.5 Å². The Hall–Kier alpha value is -1.29. The van der Waals surface area contributed by atoms with E-state index in [1.807, 2.05) is 37.3 Å². The van der Waals surface area contributed by atoms with Crippen molar-refractivity contribution in [2.45, 2.75) is 38.3 Å². The van der Waals surface area contributed by atoms with Gasteiger partial charge in [0.25, 0.3) is 0 Å². The van der Waals surface area contributed by atoms with Crippen molar-refractivity contribution in [1.82, 2.24) is 15.2 Å². The summed E-state index contributed by atoms with van der Waals surface area (Å²) in [4.78, 5) is 17.3. The van der Waals surface area contributed by atoms with Crippen LogP contribution in [0.25, 0.3) is 0 Å². The summed E-state index contributed by atoms with van der Waals surface area (Å²) in [5, 5.41) is 3.30. The minimum Gasteiger partial charge on any atom is -0.364 e. The smallest absolute Gasteiger partial charge is 0.225 e. The van der Waals surface area contributed by atoms with Gasteiger partial charge in [0, 0.05) is 30.9 Å². The van der Waals surface area contributed by atoms with Gasteiger partial charge >= 0.3 is 0 Å². The molecule has 0 atom stereocenters. The van der Waals surface area contributed by atoms with Gasteiger partial charge in [-0.05, 0) is 44.9 Å². The molecule has 1 amide bonds. The Kier molecular flexibility index (Phi) is 4.42. The van der Waals surface area contributed by atoms with E-state index in [1.165, 1.54) is 0 Å². The summed E-state index contributed by atoms with van der Waals surface area (Å²) in [6, 6.07) is 4.58. The van der Waals surface area contributed by atoms with Gasteiger partial charge in [-0.2, -0.15) is 0 Å². The van der Waals surface area contributed by atoms with Crippen LogP contribution < -0.4 is 5.32 Å². The van der Waals surface area contributed by atoms with Gasteiger partial charge in [-0.25, -0.2) is 0 Å². The van der Waals surface area contributed by atoms with Gasteiger partial charge in [0.2, 0.25) is 5.91 Å². The first kappa shape index (κ1) is 13.1. The molecule has 0 aliphatic heterocycles. The highest BCUT2D eigenvalue weighted by Crippen LogP contribution is 2.25. The Labute approximate surface area is 109 Å². The lowest BCUT2D eigenvalue weighted by molar-refractivity contribution is -0.135. The largest absolute Gasteiger partial charge is 0.364 e. The highest BCUT2D eigenvalue weighted by atomic mass is 16.2. The zero-order chi connectivity index (χ0) is 13.0. The number of nitrogens with one attached hydrogen (secondary N) is 2. The van der Waals surface area contributed by atoms with Crippen molar-refractivity contribution in [3.8, 4) is 0 Å². The van der Waals surface area contributed by atoms with E-state index >= 15 is 0 Å². The summed E-state index contributed by atoms with van der Waals surface area (Å²) in [7, 11) is 3.90. The molecule has 1 aromatic rings. The van der Waals surface area contributed by atoms with E-state index in [2.05, 4.69) is 10.3 Å². The molecule has 0 aromatic carbocycles. The average molecular weight is 249 g/mol. The number of amides is 1. The molecule has 1 aromatic heterocycles. The second-order valence-corrected chi connectivity index (χ2v) is 5.23. The lowest BCUT2D eigenvalue weighted by Crippen LogP contribution is -2.38. The lowest BCUT2D eigenvalue weighted by atomic mass is 9.85. The van der Waals surface area contributed by atoms with Gasteiger partial charge < -0.3 is 15.2 Å². The Morgan fingerprint density at radius 2 is 2.17 bits per heavy atom.